The summed E-state index contributed by atoms with van der Waals surface area (Å²) in [5.74, 6) is 0.803. The molecule has 5 heteroatoms. The highest BCUT2D eigenvalue weighted by atomic mass is 16.6. The van der Waals surface area contributed by atoms with E-state index in [4.69, 9.17) is 15.2 Å². The van der Waals surface area contributed by atoms with Crippen molar-refractivity contribution in [1.82, 2.24) is 4.90 Å². The van der Waals surface area contributed by atoms with E-state index in [0.29, 0.717) is 13.2 Å². The Morgan fingerprint density at radius 2 is 1.76 bits per heavy atom. The molecule has 0 aliphatic carbocycles. The summed E-state index contributed by atoms with van der Waals surface area (Å²) in [6, 6.07) is 8.03. The zero-order chi connectivity index (χ0) is 18.8. The van der Waals surface area contributed by atoms with Crippen molar-refractivity contribution >= 4 is 6.09 Å². The molecule has 1 aromatic rings. The van der Waals surface area contributed by atoms with Crippen LogP contribution in [0.2, 0.25) is 0 Å². The molecule has 1 aromatic carbocycles. The molecule has 2 N–H and O–H groups in total. The Hall–Kier alpha value is -1.75. The van der Waals surface area contributed by atoms with E-state index in [2.05, 4.69) is 32.9 Å². The fourth-order valence-corrected chi connectivity index (χ4v) is 2.90. The quantitative estimate of drug-likeness (QED) is 0.904. The van der Waals surface area contributed by atoms with Crippen LogP contribution in [0.25, 0.3) is 0 Å². The number of nitrogens with two attached hydrogens (primary N) is 1. The zero-order valence-corrected chi connectivity index (χ0v) is 16.3. The topological polar surface area (TPSA) is 64.8 Å². The van der Waals surface area contributed by atoms with Crippen LogP contribution in [0, 0.1) is 0 Å². The molecule has 0 spiro atoms. The van der Waals surface area contributed by atoms with Gasteiger partial charge in [0, 0.05) is 12.6 Å². The van der Waals surface area contributed by atoms with Crippen LogP contribution in [0.1, 0.15) is 53.5 Å². The highest BCUT2D eigenvalue weighted by Crippen LogP contribution is 2.25. The molecule has 1 aliphatic heterocycles. The van der Waals surface area contributed by atoms with Gasteiger partial charge in [-0.1, -0.05) is 32.9 Å². The summed E-state index contributed by atoms with van der Waals surface area (Å²) in [5.41, 5.74) is 6.91. The molecule has 0 unspecified atom stereocenters. The minimum absolute atomic E-state index is 0.0376. The number of benzene rings is 1. The molecular weight excluding hydrogens is 316 g/mol. The summed E-state index contributed by atoms with van der Waals surface area (Å²) in [6.07, 6.45) is 0.399. The zero-order valence-electron chi connectivity index (χ0n) is 16.3. The number of carbonyl (C=O) groups excluding carboxylic acids is 1. The molecule has 1 aliphatic rings. The Kier molecular flexibility index (Phi) is 5.67. The van der Waals surface area contributed by atoms with E-state index < -0.39 is 5.60 Å². The number of carbonyl (C=O) groups is 1. The van der Waals surface area contributed by atoms with Gasteiger partial charge in [0.2, 0.25) is 0 Å². The third kappa shape index (κ3) is 5.63. The van der Waals surface area contributed by atoms with Gasteiger partial charge in [0.15, 0.2) is 0 Å². The molecule has 1 amide bonds. The van der Waals surface area contributed by atoms with Crippen molar-refractivity contribution in [2.45, 2.75) is 71.1 Å². The van der Waals surface area contributed by atoms with Crippen molar-refractivity contribution in [2.75, 3.05) is 13.2 Å². The van der Waals surface area contributed by atoms with Crippen LogP contribution < -0.4 is 10.5 Å². The Balaban J connectivity index is 1.97. The van der Waals surface area contributed by atoms with Crippen LogP contribution in [-0.4, -0.2) is 41.8 Å². The lowest BCUT2D eigenvalue weighted by molar-refractivity contribution is 0.0186. The summed E-state index contributed by atoms with van der Waals surface area (Å²) in [4.78, 5) is 14.1. The van der Waals surface area contributed by atoms with Crippen LogP contribution in [0.15, 0.2) is 24.3 Å². The second kappa shape index (κ2) is 7.24. The van der Waals surface area contributed by atoms with Gasteiger partial charge in [-0.2, -0.15) is 0 Å². The van der Waals surface area contributed by atoms with E-state index in [1.165, 1.54) is 5.56 Å². The van der Waals surface area contributed by atoms with E-state index in [0.717, 1.165) is 12.2 Å². The van der Waals surface area contributed by atoms with E-state index >= 15 is 0 Å². The maximum absolute atomic E-state index is 12.4. The molecule has 1 saturated heterocycles. The van der Waals surface area contributed by atoms with Gasteiger partial charge in [-0.15, -0.1) is 0 Å². The lowest BCUT2D eigenvalue weighted by Crippen LogP contribution is -2.42. The highest BCUT2D eigenvalue weighted by molar-refractivity contribution is 5.69. The van der Waals surface area contributed by atoms with Gasteiger partial charge in [0.25, 0.3) is 0 Å². The van der Waals surface area contributed by atoms with Crippen molar-refractivity contribution < 1.29 is 14.3 Å². The molecule has 140 valence electrons. The predicted octanol–water partition coefficient (Wildman–Crippen LogP) is 3.70. The molecule has 2 atom stereocenters. The summed E-state index contributed by atoms with van der Waals surface area (Å²) in [5, 5.41) is 0. The minimum Gasteiger partial charge on any atom is -0.491 e. The van der Waals surface area contributed by atoms with Gasteiger partial charge in [0.1, 0.15) is 18.0 Å². The molecule has 1 fully saturated rings. The van der Waals surface area contributed by atoms with Crippen LogP contribution in [-0.2, 0) is 10.2 Å². The van der Waals surface area contributed by atoms with Crippen molar-refractivity contribution in [1.29, 1.82) is 0 Å². The second-order valence-electron chi connectivity index (χ2n) is 8.87. The van der Waals surface area contributed by atoms with Gasteiger partial charge in [-0.05, 0) is 50.3 Å². The van der Waals surface area contributed by atoms with Crippen LogP contribution in [0.3, 0.4) is 0 Å². The Labute approximate surface area is 151 Å². The number of hydrogen-bond donors (Lipinski definition) is 1. The first-order valence-electron chi connectivity index (χ1n) is 8.94. The third-order valence-electron chi connectivity index (χ3n) is 4.24. The van der Waals surface area contributed by atoms with Gasteiger partial charge >= 0.3 is 6.09 Å². The van der Waals surface area contributed by atoms with E-state index in [1.807, 2.05) is 32.9 Å². The standard InChI is InChI=1S/C20H32N2O3/c1-19(2,3)14-7-9-17(10-8-14)24-13-16-11-15(21)12-22(16)18(23)25-20(4,5)6/h7-10,15-16H,11-13,21H2,1-6H3/t15-,16-/m0/s1. The van der Waals surface area contributed by atoms with Gasteiger partial charge in [-0.3, -0.25) is 0 Å². The SMILES string of the molecule is CC(C)(C)OC(=O)N1C[C@@H](N)C[C@H]1COc1ccc(C(C)(C)C)cc1. The summed E-state index contributed by atoms with van der Waals surface area (Å²) < 4.78 is 11.4. The number of hydrogen-bond acceptors (Lipinski definition) is 4. The van der Waals surface area contributed by atoms with Gasteiger partial charge in [0.05, 0.1) is 6.04 Å². The molecular formula is C20H32N2O3. The second-order valence-corrected chi connectivity index (χ2v) is 8.87. The molecule has 0 radical (unpaired) electrons. The van der Waals surface area contributed by atoms with Gasteiger partial charge < -0.3 is 20.1 Å². The van der Waals surface area contributed by atoms with Crippen LogP contribution in [0.4, 0.5) is 4.79 Å². The summed E-state index contributed by atoms with van der Waals surface area (Å²) in [7, 11) is 0. The Bertz CT molecular complexity index is 584. The number of rotatable bonds is 3. The number of likely N-dealkylation sites (tertiary alicyclic amines) is 1. The largest absolute Gasteiger partial charge is 0.491 e. The fraction of sp³-hybridized carbons (Fsp3) is 0.650. The van der Waals surface area contributed by atoms with Crippen molar-refractivity contribution in [3.63, 3.8) is 0 Å². The molecule has 2 rings (SSSR count). The summed E-state index contributed by atoms with van der Waals surface area (Å²) in [6.45, 7) is 13.1. The molecule has 1 heterocycles. The van der Waals surface area contributed by atoms with Crippen molar-refractivity contribution in [2.24, 2.45) is 5.73 Å². The van der Waals surface area contributed by atoms with E-state index in [-0.39, 0.29) is 23.6 Å². The smallest absolute Gasteiger partial charge is 0.410 e. The molecule has 0 aromatic heterocycles. The third-order valence-corrected chi connectivity index (χ3v) is 4.24. The lowest BCUT2D eigenvalue weighted by Gasteiger charge is -2.28. The highest BCUT2D eigenvalue weighted by Gasteiger charge is 2.36. The fourth-order valence-electron chi connectivity index (χ4n) is 2.90. The first kappa shape index (κ1) is 19.6. The normalized spacial score (nSPS) is 21.3. The van der Waals surface area contributed by atoms with E-state index in [9.17, 15) is 4.79 Å². The molecule has 0 saturated carbocycles. The number of nitrogens with zero attached hydrogens (tertiary/aromatic N) is 1. The predicted molar refractivity (Wildman–Crippen MR) is 100.0 cm³/mol. The maximum Gasteiger partial charge on any atom is 0.410 e. The van der Waals surface area contributed by atoms with E-state index in [1.54, 1.807) is 4.90 Å². The van der Waals surface area contributed by atoms with Crippen molar-refractivity contribution in [3.8, 4) is 5.75 Å². The number of amides is 1. The average molecular weight is 348 g/mol. The van der Waals surface area contributed by atoms with Gasteiger partial charge in [-0.25, -0.2) is 4.79 Å². The lowest BCUT2D eigenvalue weighted by atomic mass is 9.87. The Morgan fingerprint density at radius 1 is 1.16 bits per heavy atom. The summed E-state index contributed by atoms with van der Waals surface area (Å²) >= 11 is 0. The molecule has 25 heavy (non-hydrogen) atoms. The monoisotopic (exact) mass is 348 g/mol. The molecule has 5 nitrogen and oxygen atoms in total. The Morgan fingerprint density at radius 3 is 2.28 bits per heavy atom. The average Bonchev–Trinajstić information content (AvgIpc) is 2.84. The molecule has 0 bridgehead atoms. The van der Waals surface area contributed by atoms with Crippen LogP contribution >= 0.6 is 0 Å². The first-order chi connectivity index (χ1) is 11.5. The van der Waals surface area contributed by atoms with Crippen molar-refractivity contribution in [3.05, 3.63) is 29.8 Å². The number of ether oxygens (including phenoxy) is 2. The minimum atomic E-state index is -0.516. The van der Waals surface area contributed by atoms with Crippen LogP contribution in [0.5, 0.6) is 5.75 Å². The maximum atomic E-state index is 12.4. The first-order valence-corrected chi connectivity index (χ1v) is 8.94.